The monoisotopic (exact) mass is 324 g/mol. The number of esters is 1. The highest BCUT2D eigenvalue weighted by Gasteiger charge is 2.11. The molecule has 24 heavy (non-hydrogen) atoms. The maximum atomic E-state index is 12.2. The molecule has 0 saturated carbocycles. The van der Waals surface area contributed by atoms with Crippen molar-refractivity contribution in [1.29, 1.82) is 0 Å². The molecule has 0 saturated heterocycles. The number of carbonyl (C=O) groups is 1. The molecule has 0 fully saturated rings. The van der Waals surface area contributed by atoms with Gasteiger partial charge in [0.15, 0.2) is 5.82 Å². The molecule has 6 nitrogen and oxygen atoms in total. The minimum atomic E-state index is -0.408. The van der Waals surface area contributed by atoms with Gasteiger partial charge in [-0.2, -0.15) is 4.98 Å². The Morgan fingerprint density at radius 3 is 2.54 bits per heavy atom. The van der Waals surface area contributed by atoms with Crippen molar-refractivity contribution >= 4 is 5.97 Å². The first-order valence-corrected chi connectivity index (χ1v) is 7.37. The number of rotatable bonds is 5. The maximum absolute atomic E-state index is 12.2. The molecule has 0 aliphatic rings. The third kappa shape index (κ3) is 3.43. The Morgan fingerprint density at radius 1 is 1.12 bits per heavy atom. The molecule has 0 atom stereocenters. The molecule has 0 N–H and O–H groups in total. The number of ether oxygens (including phenoxy) is 2. The Hall–Kier alpha value is -3.15. The summed E-state index contributed by atoms with van der Waals surface area (Å²) in [5.74, 6) is 1.26. The van der Waals surface area contributed by atoms with Gasteiger partial charge in [-0.3, -0.25) is 0 Å². The number of aromatic nitrogens is 2. The van der Waals surface area contributed by atoms with Crippen LogP contribution in [0.15, 0.2) is 53.1 Å². The predicted molar refractivity (Wildman–Crippen MR) is 86.6 cm³/mol. The van der Waals surface area contributed by atoms with Crippen LogP contribution < -0.4 is 4.74 Å². The molecule has 0 radical (unpaired) electrons. The van der Waals surface area contributed by atoms with Gasteiger partial charge in [0.05, 0.1) is 12.7 Å². The first-order valence-electron chi connectivity index (χ1n) is 7.37. The van der Waals surface area contributed by atoms with E-state index in [1.165, 1.54) is 0 Å². The van der Waals surface area contributed by atoms with Crippen LogP contribution in [0.2, 0.25) is 0 Å². The van der Waals surface area contributed by atoms with Crippen molar-refractivity contribution in [2.75, 3.05) is 7.11 Å². The summed E-state index contributed by atoms with van der Waals surface area (Å²) in [5.41, 5.74) is 2.01. The molecule has 122 valence electrons. The minimum absolute atomic E-state index is 0.146. The molecule has 0 unspecified atom stereocenters. The van der Waals surface area contributed by atoms with Crippen molar-refractivity contribution in [3.8, 4) is 17.2 Å². The van der Waals surface area contributed by atoms with Crippen LogP contribution in [-0.4, -0.2) is 23.2 Å². The second-order valence-electron chi connectivity index (χ2n) is 5.11. The average Bonchev–Trinajstić information content (AvgIpc) is 3.06. The number of para-hydroxylation sites is 1. The Balaban J connectivity index is 1.67. The molecule has 0 spiro atoms. The van der Waals surface area contributed by atoms with Crippen LogP contribution >= 0.6 is 0 Å². The summed E-state index contributed by atoms with van der Waals surface area (Å²) in [4.78, 5) is 16.3. The topological polar surface area (TPSA) is 74.5 Å². The van der Waals surface area contributed by atoms with Crippen LogP contribution in [0.25, 0.3) is 11.5 Å². The molecule has 3 aromatic rings. The highest BCUT2D eigenvalue weighted by atomic mass is 16.5. The summed E-state index contributed by atoms with van der Waals surface area (Å²) < 4.78 is 15.7. The van der Waals surface area contributed by atoms with E-state index in [0.717, 1.165) is 11.1 Å². The number of benzene rings is 2. The molecule has 2 aromatic carbocycles. The third-order valence-electron chi connectivity index (χ3n) is 3.45. The molecule has 6 heteroatoms. The van der Waals surface area contributed by atoms with Crippen molar-refractivity contribution in [1.82, 2.24) is 10.1 Å². The van der Waals surface area contributed by atoms with Crippen molar-refractivity contribution < 1.29 is 18.8 Å². The van der Waals surface area contributed by atoms with Gasteiger partial charge in [-0.1, -0.05) is 23.4 Å². The standard InChI is InChI=1S/C18H16N2O4/c1-12-19-17(24-20-12)13-7-9-14(10-8-13)18(21)23-11-15-5-3-4-6-16(15)22-2/h3-10H,11H2,1-2H3. The van der Waals surface area contributed by atoms with Gasteiger partial charge in [-0.05, 0) is 37.3 Å². The van der Waals surface area contributed by atoms with Crippen molar-refractivity contribution in [3.63, 3.8) is 0 Å². The molecule has 3 rings (SSSR count). The van der Waals surface area contributed by atoms with E-state index in [-0.39, 0.29) is 6.61 Å². The second-order valence-corrected chi connectivity index (χ2v) is 5.11. The van der Waals surface area contributed by atoms with Gasteiger partial charge in [-0.25, -0.2) is 4.79 Å². The fourth-order valence-electron chi connectivity index (χ4n) is 2.21. The number of aryl methyl sites for hydroxylation is 1. The van der Waals surface area contributed by atoms with E-state index in [4.69, 9.17) is 14.0 Å². The van der Waals surface area contributed by atoms with Gasteiger partial charge >= 0.3 is 5.97 Å². The Bertz CT molecular complexity index is 840. The van der Waals surface area contributed by atoms with Crippen molar-refractivity contribution in [2.24, 2.45) is 0 Å². The van der Waals surface area contributed by atoms with E-state index in [0.29, 0.717) is 23.0 Å². The average molecular weight is 324 g/mol. The SMILES string of the molecule is COc1ccccc1COC(=O)c1ccc(-c2nc(C)no2)cc1. The molecule has 0 aliphatic carbocycles. The zero-order valence-corrected chi connectivity index (χ0v) is 13.4. The normalized spacial score (nSPS) is 10.4. The van der Waals surface area contributed by atoms with Gasteiger partial charge in [0.25, 0.3) is 5.89 Å². The van der Waals surface area contributed by atoms with Gasteiger partial charge < -0.3 is 14.0 Å². The van der Waals surface area contributed by atoms with Crippen LogP contribution in [0.5, 0.6) is 5.75 Å². The molecule has 0 aliphatic heterocycles. The minimum Gasteiger partial charge on any atom is -0.496 e. The number of carbonyl (C=O) groups excluding carboxylic acids is 1. The van der Waals surface area contributed by atoms with Gasteiger partial charge in [-0.15, -0.1) is 0 Å². The molecule has 1 heterocycles. The Kier molecular flexibility index (Phi) is 4.56. The molecule has 0 amide bonds. The lowest BCUT2D eigenvalue weighted by Gasteiger charge is -2.09. The van der Waals surface area contributed by atoms with E-state index >= 15 is 0 Å². The van der Waals surface area contributed by atoms with Crippen LogP contribution in [0.1, 0.15) is 21.7 Å². The summed E-state index contributed by atoms with van der Waals surface area (Å²) in [6.07, 6.45) is 0. The Labute approximate surface area is 139 Å². The van der Waals surface area contributed by atoms with Crippen LogP contribution in [0, 0.1) is 6.92 Å². The largest absolute Gasteiger partial charge is 0.496 e. The third-order valence-corrected chi connectivity index (χ3v) is 3.45. The molecular weight excluding hydrogens is 308 g/mol. The van der Waals surface area contributed by atoms with Crippen molar-refractivity contribution in [3.05, 3.63) is 65.5 Å². The van der Waals surface area contributed by atoms with Crippen LogP contribution in [0.3, 0.4) is 0 Å². The zero-order valence-electron chi connectivity index (χ0n) is 13.4. The van der Waals surface area contributed by atoms with E-state index in [2.05, 4.69) is 10.1 Å². The smallest absolute Gasteiger partial charge is 0.338 e. The lowest BCUT2D eigenvalue weighted by Crippen LogP contribution is -2.06. The molecular formula is C18H16N2O4. The van der Waals surface area contributed by atoms with E-state index in [1.807, 2.05) is 24.3 Å². The highest BCUT2D eigenvalue weighted by Crippen LogP contribution is 2.20. The highest BCUT2D eigenvalue weighted by molar-refractivity contribution is 5.89. The van der Waals surface area contributed by atoms with E-state index in [1.54, 1.807) is 38.3 Å². The van der Waals surface area contributed by atoms with Crippen LogP contribution in [-0.2, 0) is 11.3 Å². The lowest BCUT2D eigenvalue weighted by molar-refractivity contribution is 0.0470. The second kappa shape index (κ2) is 6.95. The summed E-state index contributed by atoms with van der Waals surface area (Å²) in [5, 5.41) is 3.74. The number of methoxy groups -OCH3 is 1. The summed E-state index contributed by atoms with van der Waals surface area (Å²) in [7, 11) is 1.58. The Morgan fingerprint density at radius 2 is 1.88 bits per heavy atom. The lowest BCUT2D eigenvalue weighted by atomic mass is 10.1. The number of hydrogen-bond acceptors (Lipinski definition) is 6. The maximum Gasteiger partial charge on any atom is 0.338 e. The van der Waals surface area contributed by atoms with Gasteiger partial charge in [0, 0.05) is 11.1 Å². The molecule has 0 bridgehead atoms. The first-order chi connectivity index (χ1) is 11.7. The predicted octanol–water partition coefficient (Wildman–Crippen LogP) is 3.41. The van der Waals surface area contributed by atoms with Crippen molar-refractivity contribution in [2.45, 2.75) is 13.5 Å². The number of nitrogens with zero attached hydrogens (tertiary/aromatic N) is 2. The summed E-state index contributed by atoms with van der Waals surface area (Å²) in [6.45, 7) is 1.89. The van der Waals surface area contributed by atoms with Crippen LogP contribution in [0.4, 0.5) is 0 Å². The van der Waals surface area contributed by atoms with Gasteiger partial charge in [0.2, 0.25) is 0 Å². The first kappa shape index (κ1) is 15.7. The van der Waals surface area contributed by atoms with E-state index < -0.39 is 5.97 Å². The fourth-order valence-corrected chi connectivity index (χ4v) is 2.21. The quantitative estimate of drug-likeness (QED) is 0.670. The zero-order chi connectivity index (χ0) is 16.9. The number of hydrogen-bond donors (Lipinski definition) is 0. The summed E-state index contributed by atoms with van der Waals surface area (Å²) in [6, 6.07) is 14.2. The summed E-state index contributed by atoms with van der Waals surface area (Å²) >= 11 is 0. The molecule has 1 aromatic heterocycles. The fraction of sp³-hybridized carbons (Fsp3) is 0.167. The van der Waals surface area contributed by atoms with Gasteiger partial charge in [0.1, 0.15) is 12.4 Å². The van der Waals surface area contributed by atoms with E-state index in [9.17, 15) is 4.79 Å².